The lowest BCUT2D eigenvalue weighted by molar-refractivity contribution is -0.115. The van der Waals surface area contributed by atoms with E-state index in [9.17, 15) is 4.79 Å². The van der Waals surface area contributed by atoms with Gasteiger partial charge in [0.1, 0.15) is 0 Å². The van der Waals surface area contributed by atoms with Crippen molar-refractivity contribution in [3.05, 3.63) is 33.6 Å². The predicted molar refractivity (Wildman–Crippen MR) is 64.7 cm³/mol. The van der Waals surface area contributed by atoms with Crippen molar-refractivity contribution in [3.63, 3.8) is 0 Å². The summed E-state index contributed by atoms with van der Waals surface area (Å²) in [5.74, 6) is 0.594. The first-order valence-electron chi connectivity index (χ1n) is 5.00. The van der Waals surface area contributed by atoms with Crippen LogP contribution in [0.5, 0.6) is 0 Å². The second kappa shape index (κ2) is 4.49. The van der Waals surface area contributed by atoms with Gasteiger partial charge in [-0.25, -0.2) is 0 Å². The summed E-state index contributed by atoms with van der Waals surface area (Å²) < 4.78 is 0. The molecular weight excluding hydrogens is 222 g/mol. The van der Waals surface area contributed by atoms with Gasteiger partial charge in [0.2, 0.25) is 5.91 Å². The fourth-order valence-electron chi connectivity index (χ4n) is 1.35. The molecule has 0 saturated carbocycles. The fraction of sp³-hybridized carbons (Fsp3) is 0.273. The van der Waals surface area contributed by atoms with Gasteiger partial charge < -0.3 is 5.32 Å². The topological polar surface area (TPSA) is 57.8 Å². The Morgan fingerprint density at radius 1 is 1.56 bits per heavy atom. The molecule has 2 aromatic rings. The number of rotatable bonds is 3. The van der Waals surface area contributed by atoms with Gasteiger partial charge in [-0.15, -0.1) is 11.3 Å². The minimum absolute atomic E-state index is 0.0305. The van der Waals surface area contributed by atoms with Crippen molar-refractivity contribution in [3.8, 4) is 0 Å². The lowest BCUT2D eigenvalue weighted by Crippen LogP contribution is -2.14. The van der Waals surface area contributed by atoms with Gasteiger partial charge in [-0.05, 0) is 25.3 Å². The lowest BCUT2D eigenvalue weighted by Gasteiger charge is -2.01. The van der Waals surface area contributed by atoms with E-state index in [2.05, 4.69) is 15.5 Å². The van der Waals surface area contributed by atoms with Crippen LogP contribution in [0.15, 0.2) is 17.5 Å². The van der Waals surface area contributed by atoms with E-state index in [1.807, 2.05) is 31.4 Å². The molecule has 0 bridgehead atoms. The summed E-state index contributed by atoms with van der Waals surface area (Å²) in [6.07, 6.45) is 0.406. The molecule has 0 radical (unpaired) electrons. The Morgan fingerprint density at radius 2 is 2.38 bits per heavy atom. The van der Waals surface area contributed by atoms with E-state index in [-0.39, 0.29) is 5.91 Å². The normalized spacial score (nSPS) is 10.4. The van der Waals surface area contributed by atoms with Crippen molar-refractivity contribution in [1.29, 1.82) is 0 Å². The van der Waals surface area contributed by atoms with Crippen LogP contribution in [0.1, 0.15) is 16.1 Å². The molecule has 5 heteroatoms. The first kappa shape index (κ1) is 10.9. The van der Waals surface area contributed by atoms with Crippen molar-refractivity contribution in [1.82, 2.24) is 10.2 Å². The standard InChI is InChI=1S/C11H13N3OS/c1-7-8(2)13-14-11(7)12-10(15)6-9-4-3-5-16-9/h3-5H,6H2,1-2H3,(H2,12,13,14,15). The molecule has 0 aliphatic rings. The molecule has 0 atom stereocenters. The summed E-state index contributed by atoms with van der Waals surface area (Å²) in [5.41, 5.74) is 1.96. The molecule has 2 rings (SSSR count). The second-order valence-corrected chi connectivity index (χ2v) is 4.66. The third-order valence-electron chi connectivity index (χ3n) is 2.43. The first-order chi connectivity index (χ1) is 7.66. The van der Waals surface area contributed by atoms with Crippen LogP contribution in [0.25, 0.3) is 0 Å². The van der Waals surface area contributed by atoms with Gasteiger partial charge in [0.05, 0.1) is 6.42 Å². The van der Waals surface area contributed by atoms with Gasteiger partial charge in [-0.2, -0.15) is 5.10 Å². The van der Waals surface area contributed by atoms with Crippen LogP contribution in [0.3, 0.4) is 0 Å². The van der Waals surface area contributed by atoms with Crippen LogP contribution in [-0.4, -0.2) is 16.1 Å². The number of aromatic amines is 1. The van der Waals surface area contributed by atoms with Gasteiger partial charge in [0.25, 0.3) is 0 Å². The number of H-pyrrole nitrogens is 1. The summed E-state index contributed by atoms with van der Waals surface area (Å²) in [6.45, 7) is 3.86. The molecule has 2 aromatic heterocycles. The largest absolute Gasteiger partial charge is 0.309 e. The number of amides is 1. The van der Waals surface area contributed by atoms with Crippen molar-refractivity contribution in [2.75, 3.05) is 5.32 Å². The quantitative estimate of drug-likeness (QED) is 0.857. The van der Waals surface area contributed by atoms with Crippen LogP contribution in [0.4, 0.5) is 5.82 Å². The Morgan fingerprint density at radius 3 is 2.94 bits per heavy atom. The van der Waals surface area contributed by atoms with Gasteiger partial charge in [0, 0.05) is 16.1 Å². The number of carbonyl (C=O) groups is 1. The van der Waals surface area contributed by atoms with E-state index < -0.39 is 0 Å². The van der Waals surface area contributed by atoms with Crippen LogP contribution < -0.4 is 5.32 Å². The molecule has 0 aromatic carbocycles. The summed E-state index contributed by atoms with van der Waals surface area (Å²) in [5, 5.41) is 11.6. The van der Waals surface area contributed by atoms with E-state index in [1.54, 1.807) is 11.3 Å². The molecule has 16 heavy (non-hydrogen) atoms. The number of anilines is 1. The molecule has 1 amide bonds. The Bertz CT molecular complexity index is 487. The summed E-state index contributed by atoms with van der Waals surface area (Å²) >= 11 is 1.58. The van der Waals surface area contributed by atoms with Crippen LogP contribution in [0.2, 0.25) is 0 Å². The number of aromatic nitrogens is 2. The monoisotopic (exact) mass is 235 g/mol. The summed E-state index contributed by atoms with van der Waals surface area (Å²) in [7, 11) is 0. The Hall–Kier alpha value is -1.62. The Balaban J connectivity index is 2.00. The zero-order chi connectivity index (χ0) is 11.5. The van der Waals surface area contributed by atoms with Gasteiger partial charge >= 0.3 is 0 Å². The smallest absolute Gasteiger partial charge is 0.230 e. The van der Waals surface area contributed by atoms with Crippen molar-refractivity contribution in [2.45, 2.75) is 20.3 Å². The molecule has 84 valence electrons. The molecule has 2 N–H and O–H groups in total. The van der Waals surface area contributed by atoms with Crippen LogP contribution in [0, 0.1) is 13.8 Å². The first-order valence-corrected chi connectivity index (χ1v) is 5.88. The summed E-state index contributed by atoms with van der Waals surface area (Å²) in [6, 6.07) is 3.89. The van der Waals surface area contributed by atoms with E-state index in [1.165, 1.54) is 0 Å². The third-order valence-corrected chi connectivity index (χ3v) is 3.30. The highest BCUT2D eigenvalue weighted by atomic mass is 32.1. The second-order valence-electron chi connectivity index (χ2n) is 3.63. The summed E-state index contributed by atoms with van der Waals surface area (Å²) in [4.78, 5) is 12.7. The highest BCUT2D eigenvalue weighted by Gasteiger charge is 2.10. The average Bonchev–Trinajstić information content (AvgIpc) is 2.83. The van der Waals surface area contributed by atoms with Gasteiger partial charge in [-0.3, -0.25) is 9.89 Å². The van der Waals surface area contributed by atoms with E-state index in [4.69, 9.17) is 0 Å². The number of aryl methyl sites for hydroxylation is 1. The van der Waals surface area contributed by atoms with Gasteiger partial charge in [0.15, 0.2) is 5.82 Å². The van der Waals surface area contributed by atoms with E-state index >= 15 is 0 Å². The number of thiophene rings is 1. The Labute approximate surface area is 97.7 Å². The number of nitrogens with zero attached hydrogens (tertiary/aromatic N) is 1. The lowest BCUT2D eigenvalue weighted by atomic mass is 10.2. The van der Waals surface area contributed by atoms with Crippen molar-refractivity contribution in [2.24, 2.45) is 0 Å². The number of hydrogen-bond donors (Lipinski definition) is 2. The molecule has 0 spiro atoms. The zero-order valence-electron chi connectivity index (χ0n) is 9.20. The van der Waals surface area contributed by atoms with Crippen molar-refractivity contribution < 1.29 is 4.79 Å². The molecule has 0 aliphatic heterocycles. The molecular formula is C11H13N3OS. The fourth-order valence-corrected chi connectivity index (χ4v) is 2.06. The maximum atomic E-state index is 11.7. The molecule has 0 saturated heterocycles. The molecule has 0 fully saturated rings. The van der Waals surface area contributed by atoms with Gasteiger partial charge in [-0.1, -0.05) is 6.07 Å². The third kappa shape index (κ3) is 2.30. The number of hydrogen-bond acceptors (Lipinski definition) is 3. The highest BCUT2D eigenvalue weighted by molar-refractivity contribution is 7.10. The maximum Gasteiger partial charge on any atom is 0.230 e. The highest BCUT2D eigenvalue weighted by Crippen LogP contribution is 2.15. The predicted octanol–water partition coefficient (Wildman–Crippen LogP) is 2.27. The Kier molecular flexibility index (Phi) is 3.05. The molecule has 2 heterocycles. The number of nitrogens with one attached hydrogen (secondary N) is 2. The van der Waals surface area contributed by atoms with E-state index in [0.29, 0.717) is 12.2 Å². The van der Waals surface area contributed by atoms with Crippen LogP contribution in [-0.2, 0) is 11.2 Å². The molecule has 4 nitrogen and oxygen atoms in total. The SMILES string of the molecule is Cc1[nH]nc(NC(=O)Cc2cccs2)c1C. The minimum atomic E-state index is -0.0305. The number of carbonyl (C=O) groups excluding carboxylic acids is 1. The van der Waals surface area contributed by atoms with Crippen molar-refractivity contribution >= 4 is 23.1 Å². The van der Waals surface area contributed by atoms with Crippen LogP contribution >= 0.6 is 11.3 Å². The molecule has 0 unspecified atom stereocenters. The maximum absolute atomic E-state index is 11.7. The van der Waals surface area contributed by atoms with E-state index in [0.717, 1.165) is 16.1 Å². The molecule has 0 aliphatic carbocycles. The minimum Gasteiger partial charge on any atom is -0.309 e. The zero-order valence-corrected chi connectivity index (χ0v) is 10.0. The average molecular weight is 235 g/mol.